The van der Waals surface area contributed by atoms with E-state index >= 15 is 0 Å². The van der Waals surface area contributed by atoms with Crippen molar-refractivity contribution in [3.8, 4) is 0 Å². The molecular weight excluding hydrogens is 242 g/mol. The van der Waals surface area contributed by atoms with Crippen molar-refractivity contribution in [2.45, 2.75) is 32.7 Å². The molecule has 0 unspecified atom stereocenters. The largest absolute Gasteiger partial charge is 0.340 e. The highest BCUT2D eigenvalue weighted by Crippen LogP contribution is 2.33. The van der Waals surface area contributed by atoms with Crippen LogP contribution in [0.3, 0.4) is 0 Å². The van der Waals surface area contributed by atoms with Crippen molar-refractivity contribution in [1.29, 1.82) is 0 Å². The van der Waals surface area contributed by atoms with Gasteiger partial charge < -0.3 is 9.80 Å². The van der Waals surface area contributed by atoms with Gasteiger partial charge in [0.05, 0.1) is 5.69 Å². The van der Waals surface area contributed by atoms with Gasteiger partial charge in [-0.1, -0.05) is 0 Å². The summed E-state index contributed by atoms with van der Waals surface area (Å²) in [4.78, 5) is 16.4. The molecule has 1 aliphatic heterocycles. The first-order valence-electron chi connectivity index (χ1n) is 6.68. The smallest absolute Gasteiger partial charge is 0.276 e. The fourth-order valence-corrected chi connectivity index (χ4v) is 2.70. The Hall–Kier alpha value is -1.43. The van der Waals surface area contributed by atoms with Crippen LogP contribution in [0.2, 0.25) is 0 Å². The number of aromatic amines is 1. The summed E-state index contributed by atoms with van der Waals surface area (Å²) in [5.74, 6) is 0.426. The molecule has 1 atom stereocenters. The van der Waals surface area contributed by atoms with Crippen LogP contribution in [-0.2, 0) is 0 Å². The molecule has 0 aliphatic carbocycles. The maximum atomic E-state index is 12.3. The first-order valence-corrected chi connectivity index (χ1v) is 6.68. The molecule has 1 aliphatic rings. The molecule has 1 aromatic heterocycles. The Balaban J connectivity index is 2.04. The molecule has 1 fully saturated rings. The van der Waals surface area contributed by atoms with Gasteiger partial charge in [-0.2, -0.15) is 15.4 Å². The zero-order valence-electron chi connectivity index (χ0n) is 12.4. The number of H-pyrrole nitrogens is 1. The van der Waals surface area contributed by atoms with Gasteiger partial charge in [0.15, 0.2) is 5.69 Å². The van der Waals surface area contributed by atoms with Crippen LogP contribution in [0.15, 0.2) is 0 Å². The molecule has 2 heterocycles. The lowest BCUT2D eigenvalue weighted by molar-refractivity contribution is 0.0722. The maximum Gasteiger partial charge on any atom is 0.276 e. The van der Waals surface area contributed by atoms with E-state index in [2.05, 4.69) is 41.2 Å². The third-order valence-corrected chi connectivity index (χ3v) is 4.56. The standard InChI is InChI=1S/C13H23N5O/c1-9-11(15-16-14-9)12(19)17(4)8-10-6-7-18(5)13(10,2)3/h10H,6-8H2,1-5H3,(H,14,15,16)/t10-/m1/s1. The van der Waals surface area contributed by atoms with Crippen molar-refractivity contribution in [1.82, 2.24) is 25.2 Å². The summed E-state index contributed by atoms with van der Waals surface area (Å²) in [6.07, 6.45) is 1.12. The summed E-state index contributed by atoms with van der Waals surface area (Å²) < 4.78 is 0. The maximum absolute atomic E-state index is 12.3. The molecule has 106 valence electrons. The highest BCUT2D eigenvalue weighted by Gasteiger charge is 2.40. The number of hydrogen-bond acceptors (Lipinski definition) is 4. The lowest BCUT2D eigenvalue weighted by Gasteiger charge is -2.35. The number of aromatic nitrogens is 3. The molecule has 6 heteroatoms. The Morgan fingerprint density at radius 1 is 1.53 bits per heavy atom. The fourth-order valence-electron chi connectivity index (χ4n) is 2.70. The summed E-state index contributed by atoms with van der Waals surface area (Å²) in [7, 11) is 3.98. The number of carbonyl (C=O) groups is 1. The van der Waals surface area contributed by atoms with E-state index in [4.69, 9.17) is 0 Å². The van der Waals surface area contributed by atoms with Gasteiger partial charge in [-0.15, -0.1) is 0 Å². The van der Waals surface area contributed by atoms with E-state index in [0.29, 0.717) is 17.3 Å². The Labute approximate surface area is 114 Å². The first kappa shape index (κ1) is 14.0. The summed E-state index contributed by atoms with van der Waals surface area (Å²) in [5.41, 5.74) is 1.21. The van der Waals surface area contributed by atoms with Gasteiger partial charge >= 0.3 is 0 Å². The first-order chi connectivity index (χ1) is 8.84. The predicted molar refractivity (Wildman–Crippen MR) is 72.9 cm³/mol. The molecule has 1 amide bonds. The van der Waals surface area contributed by atoms with E-state index in [0.717, 1.165) is 19.5 Å². The second-order valence-corrected chi connectivity index (χ2v) is 6.00. The van der Waals surface area contributed by atoms with Crippen molar-refractivity contribution in [2.75, 3.05) is 27.2 Å². The van der Waals surface area contributed by atoms with Crippen molar-refractivity contribution < 1.29 is 4.79 Å². The molecule has 19 heavy (non-hydrogen) atoms. The summed E-state index contributed by atoms with van der Waals surface area (Å²) >= 11 is 0. The van der Waals surface area contributed by atoms with Crippen LogP contribution in [0.1, 0.15) is 36.5 Å². The molecule has 2 rings (SSSR count). The van der Waals surface area contributed by atoms with Gasteiger partial charge in [0, 0.05) is 19.1 Å². The van der Waals surface area contributed by atoms with Gasteiger partial charge in [0.25, 0.3) is 5.91 Å². The fraction of sp³-hybridized carbons (Fsp3) is 0.769. The van der Waals surface area contributed by atoms with Gasteiger partial charge in [-0.25, -0.2) is 0 Å². The van der Waals surface area contributed by atoms with E-state index in [1.807, 2.05) is 7.05 Å². The van der Waals surface area contributed by atoms with Gasteiger partial charge in [-0.3, -0.25) is 4.79 Å². The van der Waals surface area contributed by atoms with Gasteiger partial charge in [0.1, 0.15) is 0 Å². The van der Waals surface area contributed by atoms with Crippen molar-refractivity contribution in [3.63, 3.8) is 0 Å². The number of carbonyl (C=O) groups excluding carboxylic acids is 1. The average molecular weight is 265 g/mol. The lowest BCUT2D eigenvalue weighted by Crippen LogP contribution is -2.44. The van der Waals surface area contributed by atoms with Crippen molar-refractivity contribution >= 4 is 5.91 Å². The molecular formula is C13H23N5O. The van der Waals surface area contributed by atoms with Crippen LogP contribution < -0.4 is 0 Å². The Morgan fingerprint density at radius 3 is 2.68 bits per heavy atom. The number of hydrogen-bond donors (Lipinski definition) is 1. The highest BCUT2D eigenvalue weighted by atomic mass is 16.2. The minimum Gasteiger partial charge on any atom is -0.340 e. The summed E-state index contributed by atoms with van der Waals surface area (Å²) in [6, 6.07) is 0. The van der Waals surface area contributed by atoms with Gasteiger partial charge in [0.2, 0.25) is 0 Å². The SMILES string of the molecule is Cc1n[nH]nc1C(=O)N(C)C[C@H]1CCN(C)C1(C)C. The lowest BCUT2D eigenvalue weighted by atomic mass is 9.88. The molecule has 1 aromatic rings. The van der Waals surface area contributed by atoms with Crippen molar-refractivity contribution in [2.24, 2.45) is 5.92 Å². The zero-order chi connectivity index (χ0) is 14.2. The van der Waals surface area contributed by atoms with E-state index in [-0.39, 0.29) is 11.4 Å². The Morgan fingerprint density at radius 2 is 2.21 bits per heavy atom. The average Bonchev–Trinajstić information content (AvgIpc) is 2.87. The van der Waals surface area contributed by atoms with Crippen LogP contribution in [0, 0.1) is 12.8 Å². The monoisotopic (exact) mass is 265 g/mol. The van der Waals surface area contributed by atoms with Gasteiger partial charge in [-0.05, 0) is 46.7 Å². The molecule has 1 saturated heterocycles. The van der Waals surface area contributed by atoms with Crippen LogP contribution in [0.5, 0.6) is 0 Å². The molecule has 6 nitrogen and oxygen atoms in total. The number of nitrogens with one attached hydrogen (secondary N) is 1. The van der Waals surface area contributed by atoms with Crippen LogP contribution >= 0.6 is 0 Å². The van der Waals surface area contributed by atoms with Crippen LogP contribution in [-0.4, -0.2) is 63.8 Å². The third-order valence-electron chi connectivity index (χ3n) is 4.56. The third kappa shape index (κ3) is 2.49. The van der Waals surface area contributed by atoms with Crippen molar-refractivity contribution in [3.05, 3.63) is 11.4 Å². The Kier molecular flexibility index (Phi) is 3.62. The number of likely N-dealkylation sites (tertiary alicyclic amines) is 1. The number of rotatable bonds is 3. The van der Waals surface area contributed by atoms with Crippen LogP contribution in [0.4, 0.5) is 0 Å². The second kappa shape index (κ2) is 4.92. The van der Waals surface area contributed by atoms with E-state index in [9.17, 15) is 4.79 Å². The number of nitrogens with zero attached hydrogens (tertiary/aromatic N) is 4. The van der Waals surface area contributed by atoms with E-state index < -0.39 is 0 Å². The van der Waals surface area contributed by atoms with E-state index in [1.54, 1.807) is 11.8 Å². The molecule has 0 saturated carbocycles. The van der Waals surface area contributed by atoms with Crippen LogP contribution in [0.25, 0.3) is 0 Å². The zero-order valence-corrected chi connectivity index (χ0v) is 12.4. The molecule has 0 radical (unpaired) electrons. The molecule has 0 bridgehead atoms. The molecule has 0 aromatic carbocycles. The van der Waals surface area contributed by atoms with E-state index in [1.165, 1.54) is 0 Å². The quantitative estimate of drug-likeness (QED) is 0.882. The topological polar surface area (TPSA) is 65.1 Å². The number of amides is 1. The summed E-state index contributed by atoms with van der Waals surface area (Å²) in [5, 5.41) is 10.3. The predicted octanol–water partition coefficient (Wildman–Crippen LogP) is 0.915. The molecule has 0 spiro atoms. The Bertz CT molecular complexity index is 467. The minimum atomic E-state index is -0.0587. The normalized spacial score (nSPS) is 22.7. The second-order valence-electron chi connectivity index (χ2n) is 6.00. The summed E-state index contributed by atoms with van der Waals surface area (Å²) in [6.45, 7) is 8.11. The highest BCUT2D eigenvalue weighted by molar-refractivity contribution is 5.92. The minimum absolute atomic E-state index is 0.0587. The molecule has 1 N–H and O–H groups in total. The number of aryl methyl sites for hydroxylation is 1.